The topological polar surface area (TPSA) is 98.5 Å². The molecule has 19 heavy (non-hydrogen) atoms. The van der Waals surface area contributed by atoms with Gasteiger partial charge in [-0.15, -0.1) is 0 Å². The average Bonchev–Trinajstić information content (AvgIpc) is 2.32. The standard InChI is InChI=1S/C11H15ClN2O4S/c1-18-4-2-3-14-11(15)8-5-9(12)7-10(6-8)19(13,16)17/h5-7H,2-4H2,1H3,(H,14,15)(H2,13,16,17). The molecule has 3 N–H and O–H groups in total. The lowest BCUT2D eigenvalue weighted by Gasteiger charge is -2.07. The Hall–Kier alpha value is -1.15. The number of ether oxygens (including phenoxy) is 1. The summed E-state index contributed by atoms with van der Waals surface area (Å²) < 4.78 is 27.3. The number of sulfonamides is 1. The summed E-state index contributed by atoms with van der Waals surface area (Å²) >= 11 is 5.76. The molecule has 0 aliphatic carbocycles. The van der Waals surface area contributed by atoms with Gasteiger partial charge in [-0.25, -0.2) is 13.6 Å². The minimum atomic E-state index is -3.89. The number of primary sulfonamides is 1. The molecule has 0 aromatic heterocycles. The fraction of sp³-hybridized carbons (Fsp3) is 0.364. The maximum absolute atomic E-state index is 11.8. The van der Waals surface area contributed by atoms with Crippen LogP contribution in [0.5, 0.6) is 0 Å². The molecule has 8 heteroatoms. The second-order valence-electron chi connectivity index (χ2n) is 3.82. The molecular formula is C11H15ClN2O4S. The lowest BCUT2D eigenvalue weighted by atomic mass is 10.2. The van der Waals surface area contributed by atoms with E-state index in [-0.39, 0.29) is 15.5 Å². The van der Waals surface area contributed by atoms with Crippen molar-refractivity contribution in [1.29, 1.82) is 0 Å². The summed E-state index contributed by atoms with van der Waals surface area (Å²) in [5, 5.41) is 7.76. The third-order valence-corrected chi connectivity index (χ3v) is 3.38. The number of nitrogens with two attached hydrogens (primary N) is 1. The van der Waals surface area contributed by atoms with Crippen molar-refractivity contribution in [2.24, 2.45) is 5.14 Å². The lowest BCUT2D eigenvalue weighted by Crippen LogP contribution is -2.25. The van der Waals surface area contributed by atoms with Crippen molar-refractivity contribution < 1.29 is 17.9 Å². The number of amides is 1. The molecule has 0 aliphatic rings. The number of hydrogen-bond acceptors (Lipinski definition) is 4. The summed E-state index contributed by atoms with van der Waals surface area (Å²) in [6, 6.07) is 3.76. The number of nitrogens with one attached hydrogen (secondary N) is 1. The van der Waals surface area contributed by atoms with Gasteiger partial charge in [-0.05, 0) is 24.6 Å². The van der Waals surface area contributed by atoms with E-state index >= 15 is 0 Å². The fourth-order valence-electron chi connectivity index (χ4n) is 1.38. The van der Waals surface area contributed by atoms with Crippen LogP contribution in [0.25, 0.3) is 0 Å². The maximum atomic E-state index is 11.8. The summed E-state index contributed by atoms with van der Waals surface area (Å²) in [6.45, 7) is 0.947. The van der Waals surface area contributed by atoms with E-state index in [9.17, 15) is 13.2 Å². The number of hydrogen-bond donors (Lipinski definition) is 2. The van der Waals surface area contributed by atoms with Gasteiger partial charge in [0.05, 0.1) is 4.90 Å². The molecule has 0 saturated heterocycles. The maximum Gasteiger partial charge on any atom is 0.251 e. The number of methoxy groups -OCH3 is 1. The van der Waals surface area contributed by atoms with Crippen molar-refractivity contribution in [1.82, 2.24) is 5.32 Å². The van der Waals surface area contributed by atoms with Crippen LogP contribution in [-0.2, 0) is 14.8 Å². The number of carbonyl (C=O) groups is 1. The molecule has 0 heterocycles. The third kappa shape index (κ3) is 5.15. The molecule has 106 valence electrons. The van der Waals surface area contributed by atoms with Crippen molar-refractivity contribution >= 4 is 27.5 Å². The van der Waals surface area contributed by atoms with Gasteiger partial charge < -0.3 is 10.1 Å². The molecule has 0 aliphatic heterocycles. The fourth-order valence-corrected chi connectivity index (χ4v) is 2.26. The molecule has 0 radical (unpaired) electrons. The molecule has 1 amide bonds. The van der Waals surface area contributed by atoms with Crippen LogP contribution < -0.4 is 10.5 Å². The zero-order valence-corrected chi connectivity index (χ0v) is 11.9. The van der Waals surface area contributed by atoms with Gasteiger partial charge in [0.15, 0.2) is 0 Å². The van der Waals surface area contributed by atoms with Crippen LogP contribution in [-0.4, -0.2) is 34.6 Å². The van der Waals surface area contributed by atoms with E-state index in [0.29, 0.717) is 19.6 Å². The van der Waals surface area contributed by atoms with Crippen LogP contribution in [0.1, 0.15) is 16.8 Å². The van der Waals surface area contributed by atoms with E-state index in [4.69, 9.17) is 21.5 Å². The van der Waals surface area contributed by atoms with Gasteiger partial charge in [0.2, 0.25) is 10.0 Å². The molecule has 6 nitrogen and oxygen atoms in total. The van der Waals surface area contributed by atoms with Gasteiger partial charge in [-0.1, -0.05) is 11.6 Å². The summed E-state index contributed by atoms with van der Waals surface area (Å²) in [5.41, 5.74) is 0.147. The highest BCUT2D eigenvalue weighted by Gasteiger charge is 2.13. The Bertz CT molecular complexity index is 560. The zero-order chi connectivity index (χ0) is 14.5. The SMILES string of the molecule is COCCCNC(=O)c1cc(Cl)cc(S(N)(=O)=O)c1. The molecule has 0 spiro atoms. The third-order valence-electron chi connectivity index (χ3n) is 2.27. The first-order chi connectivity index (χ1) is 8.84. The number of rotatable bonds is 6. The summed E-state index contributed by atoms with van der Waals surface area (Å²) in [6.07, 6.45) is 0.658. The quantitative estimate of drug-likeness (QED) is 0.758. The molecule has 0 atom stereocenters. The average molecular weight is 307 g/mol. The van der Waals surface area contributed by atoms with E-state index in [2.05, 4.69) is 5.32 Å². The van der Waals surface area contributed by atoms with E-state index in [1.54, 1.807) is 7.11 Å². The highest BCUT2D eigenvalue weighted by molar-refractivity contribution is 7.89. The predicted molar refractivity (Wildman–Crippen MR) is 71.7 cm³/mol. The minimum absolute atomic E-state index is 0.133. The van der Waals surface area contributed by atoms with E-state index in [1.807, 2.05) is 0 Å². The lowest BCUT2D eigenvalue weighted by molar-refractivity contribution is 0.0948. The smallest absolute Gasteiger partial charge is 0.251 e. The Morgan fingerprint density at radius 3 is 2.68 bits per heavy atom. The van der Waals surface area contributed by atoms with Crippen molar-refractivity contribution in [2.45, 2.75) is 11.3 Å². The first-order valence-corrected chi connectivity index (χ1v) is 7.37. The van der Waals surface area contributed by atoms with Crippen LogP contribution in [0.4, 0.5) is 0 Å². The highest BCUT2D eigenvalue weighted by Crippen LogP contribution is 2.18. The predicted octanol–water partition coefficient (Wildman–Crippen LogP) is 0.754. The molecule has 1 rings (SSSR count). The molecule has 0 fully saturated rings. The van der Waals surface area contributed by atoms with Gasteiger partial charge in [0.1, 0.15) is 0 Å². The van der Waals surface area contributed by atoms with Crippen LogP contribution >= 0.6 is 11.6 Å². The van der Waals surface area contributed by atoms with Crippen molar-refractivity contribution in [3.8, 4) is 0 Å². The van der Waals surface area contributed by atoms with Gasteiger partial charge in [-0.3, -0.25) is 4.79 Å². The minimum Gasteiger partial charge on any atom is -0.385 e. The Balaban J connectivity index is 2.83. The normalized spacial score (nSPS) is 11.3. The molecular weight excluding hydrogens is 292 g/mol. The second kappa shape index (κ2) is 6.85. The van der Waals surface area contributed by atoms with Crippen molar-refractivity contribution in [3.05, 3.63) is 28.8 Å². The second-order valence-corrected chi connectivity index (χ2v) is 5.82. The van der Waals surface area contributed by atoms with Gasteiger partial charge in [0.25, 0.3) is 5.91 Å². The van der Waals surface area contributed by atoms with Gasteiger partial charge >= 0.3 is 0 Å². The van der Waals surface area contributed by atoms with Gasteiger partial charge in [-0.2, -0.15) is 0 Å². The summed E-state index contributed by atoms with van der Waals surface area (Å²) in [7, 11) is -2.33. The van der Waals surface area contributed by atoms with Crippen molar-refractivity contribution in [3.63, 3.8) is 0 Å². The van der Waals surface area contributed by atoms with Crippen LogP contribution in [0.2, 0.25) is 5.02 Å². The summed E-state index contributed by atoms with van der Waals surface area (Å²) in [5.74, 6) is -0.413. The van der Waals surface area contributed by atoms with Crippen LogP contribution in [0, 0.1) is 0 Å². The highest BCUT2D eigenvalue weighted by atomic mass is 35.5. The Morgan fingerprint density at radius 1 is 1.42 bits per heavy atom. The number of halogens is 1. The monoisotopic (exact) mass is 306 g/mol. The van der Waals surface area contributed by atoms with E-state index in [1.165, 1.54) is 18.2 Å². The Morgan fingerprint density at radius 2 is 2.11 bits per heavy atom. The Labute approximate surface area is 116 Å². The first kappa shape index (κ1) is 15.9. The Kier molecular flexibility index (Phi) is 5.74. The van der Waals surface area contributed by atoms with Crippen molar-refractivity contribution in [2.75, 3.05) is 20.3 Å². The molecule has 0 saturated carbocycles. The van der Waals surface area contributed by atoms with E-state index < -0.39 is 15.9 Å². The van der Waals surface area contributed by atoms with E-state index in [0.717, 1.165) is 0 Å². The number of benzene rings is 1. The zero-order valence-electron chi connectivity index (χ0n) is 10.3. The van der Waals surface area contributed by atoms with Crippen LogP contribution in [0.3, 0.4) is 0 Å². The van der Waals surface area contributed by atoms with Crippen LogP contribution in [0.15, 0.2) is 23.1 Å². The molecule has 0 bridgehead atoms. The first-order valence-electron chi connectivity index (χ1n) is 5.45. The largest absolute Gasteiger partial charge is 0.385 e. The number of carbonyl (C=O) groups excluding carboxylic acids is 1. The van der Waals surface area contributed by atoms with Gasteiger partial charge in [0, 0.05) is 30.8 Å². The summed E-state index contributed by atoms with van der Waals surface area (Å²) in [4.78, 5) is 11.6. The molecule has 0 unspecified atom stereocenters. The molecule has 1 aromatic carbocycles. The molecule has 1 aromatic rings.